The van der Waals surface area contributed by atoms with E-state index in [9.17, 15) is 4.79 Å². The molecule has 2 atom stereocenters. The number of rotatable bonds is 5. The number of hydrogen-bond acceptors (Lipinski definition) is 5. The predicted molar refractivity (Wildman–Crippen MR) is 85.6 cm³/mol. The van der Waals surface area contributed by atoms with E-state index in [1.807, 2.05) is 11.8 Å². The number of H-pyrrole nitrogens is 1. The first kappa shape index (κ1) is 15.4. The minimum Gasteiger partial charge on any atom is -0.469 e. The van der Waals surface area contributed by atoms with Crippen LogP contribution in [0.5, 0.6) is 0 Å². The van der Waals surface area contributed by atoms with Crippen molar-refractivity contribution in [1.82, 2.24) is 20.1 Å². The standard InChI is InChI=1S/C17H22N4O3/c1-3-14-12(6-7-24-14)17(22)21-9-11(23-2)8-13(21)16-18-15(19-20-16)10-4-5-10/h6-7,10-11,13H,3-5,8-9H2,1-2H3,(H,18,19,20)/t11-,13+/m1/s1. The van der Waals surface area contributed by atoms with Gasteiger partial charge in [-0.25, -0.2) is 4.98 Å². The maximum Gasteiger partial charge on any atom is 0.258 e. The molecule has 0 spiro atoms. The maximum absolute atomic E-state index is 13.0. The van der Waals surface area contributed by atoms with Crippen LogP contribution in [0.3, 0.4) is 0 Å². The van der Waals surface area contributed by atoms with E-state index in [1.54, 1.807) is 19.4 Å². The number of aromatic nitrogens is 3. The number of hydrogen-bond donors (Lipinski definition) is 1. The number of carbonyl (C=O) groups excluding carboxylic acids is 1. The van der Waals surface area contributed by atoms with Crippen molar-refractivity contribution in [3.05, 3.63) is 35.3 Å². The van der Waals surface area contributed by atoms with Gasteiger partial charge in [-0.1, -0.05) is 6.92 Å². The van der Waals surface area contributed by atoms with Gasteiger partial charge in [0.15, 0.2) is 5.82 Å². The molecule has 1 aliphatic heterocycles. The van der Waals surface area contributed by atoms with Crippen LogP contribution in [0.4, 0.5) is 0 Å². The van der Waals surface area contributed by atoms with Gasteiger partial charge in [0.1, 0.15) is 11.6 Å². The highest BCUT2D eigenvalue weighted by Gasteiger charge is 2.40. The fraction of sp³-hybridized carbons (Fsp3) is 0.588. The minimum atomic E-state index is -0.137. The molecule has 4 rings (SSSR count). The van der Waals surface area contributed by atoms with E-state index in [1.165, 1.54) is 0 Å². The van der Waals surface area contributed by atoms with Crippen LogP contribution in [0.25, 0.3) is 0 Å². The van der Waals surface area contributed by atoms with Gasteiger partial charge in [-0.3, -0.25) is 9.89 Å². The molecule has 7 nitrogen and oxygen atoms in total. The van der Waals surface area contributed by atoms with Crippen molar-refractivity contribution in [2.75, 3.05) is 13.7 Å². The Kier molecular flexibility index (Phi) is 3.88. The Labute approximate surface area is 140 Å². The number of aromatic amines is 1. The first-order chi connectivity index (χ1) is 11.7. The van der Waals surface area contributed by atoms with Gasteiger partial charge < -0.3 is 14.1 Å². The highest BCUT2D eigenvalue weighted by atomic mass is 16.5. The molecule has 128 valence electrons. The van der Waals surface area contributed by atoms with Gasteiger partial charge in [-0.2, -0.15) is 5.10 Å². The van der Waals surface area contributed by atoms with Crippen molar-refractivity contribution in [2.24, 2.45) is 0 Å². The van der Waals surface area contributed by atoms with Crippen molar-refractivity contribution in [3.63, 3.8) is 0 Å². The summed E-state index contributed by atoms with van der Waals surface area (Å²) in [7, 11) is 1.68. The van der Waals surface area contributed by atoms with Crippen LogP contribution in [0.1, 0.15) is 65.9 Å². The van der Waals surface area contributed by atoms with Crippen LogP contribution in [-0.4, -0.2) is 45.7 Å². The molecule has 7 heteroatoms. The lowest BCUT2D eigenvalue weighted by Crippen LogP contribution is -2.32. The van der Waals surface area contributed by atoms with Gasteiger partial charge in [0.05, 0.1) is 24.0 Å². The molecule has 3 heterocycles. The quantitative estimate of drug-likeness (QED) is 0.910. The Morgan fingerprint density at radius 2 is 2.33 bits per heavy atom. The molecule has 1 amide bonds. The molecule has 2 aliphatic rings. The van der Waals surface area contributed by atoms with Gasteiger partial charge in [-0.05, 0) is 18.9 Å². The maximum atomic E-state index is 13.0. The average Bonchev–Trinajstić information content (AvgIpc) is 3.06. The summed E-state index contributed by atoms with van der Waals surface area (Å²) < 4.78 is 10.9. The second kappa shape index (κ2) is 6.05. The Bertz CT molecular complexity index is 734. The van der Waals surface area contributed by atoms with E-state index < -0.39 is 0 Å². The van der Waals surface area contributed by atoms with E-state index in [0.717, 1.165) is 36.7 Å². The molecule has 2 aromatic heterocycles. The fourth-order valence-electron chi connectivity index (χ4n) is 3.37. The Balaban J connectivity index is 1.62. The number of ether oxygens (including phenoxy) is 1. The third-order valence-electron chi connectivity index (χ3n) is 4.93. The lowest BCUT2D eigenvalue weighted by Gasteiger charge is -2.22. The molecule has 1 saturated carbocycles. The molecule has 0 bridgehead atoms. The summed E-state index contributed by atoms with van der Waals surface area (Å²) in [5.74, 6) is 2.80. The largest absolute Gasteiger partial charge is 0.469 e. The van der Waals surface area contributed by atoms with Crippen molar-refractivity contribution in [1.29, 1.82) is 0 Å². The molecule has 0 aromatic carbocycles. The summed E-state index contributed by atoms with van der Waals surface area (Å²) in [6, 6.07) is 1.61. The molecule has 24 heavy (non-hydrogen) atoms. The third kappa shape index (κ3) is 2.62. The SMILES string of the molecule is CCc1occc1C(=O)N1C[C@H](OC)C[C@H]1c1nc(C2CC2)n[nH]1. The number of likely N-dealkylation sites (tertiary alicyclic amines) is 1. The second-order valence-electron chi connectivity index (χ2n) is 6.53. The molecule has 1 N–H and O–H groups in total. The highest BCUT2D eigenvalue weighted by Crippen LogP contribution is 2.39. The number of nitrogens with zero attached hydrogens (tertiary/aromatic N) is 3. The second-order valence-corrected chi connectivity index (χ2v) is 6.53. The fourth-order valence-corrected chi connectivity index (χ4v) is 3.37. The first-order valence-electron chi connectivity index (χ1n) is 8.53. The molecule has 1 saturated heterocycles. The number of aryl methyl sites for hydroxylation is 1. The number of amides is 1. The van der Waals surface area contributed by atoms with Crippen molar-refractivity contribution < 1.29 is 13.9 Å². The van der Waals surface area contributed by atoms with Crippen molar-refractivity contribution in [3.8, 4) is 0 Å². The van der Waals surface area contributed by atoms with Crippen LogP contribution in [0.15, 0.2) is 16.7 Å². The van der Waals surface area contributed by atoms with E-state index in [2.05, 4.69) is 15.2 Å². The lowest BCUT2D eigenvalue weighted by molar-refractivity contribution is 0.0682. The van der Waals surface area contributed by atoms with Gasteiger partial charge >= 0.3 is 0 Å². The summed E-state index contributed by atoms with van der Waals surface area (Å²) in [5, 5.41) is 7.37. The van der Waals surface area contributed by atoms with E-state index in [0.29, 0.717) is 24.4 Å². The zero-order chi connectivity index (χ0) is 16.7. The van der Waals surface area contributed by atoms with Gasteiger partial charge in [0.2, 0.25) is 0 Å². The Morgan fingerprint density at radius 3 is 3.04 bits per heavy atom. The highest BCUT2D eigenvalue weighted by molar-refractivity contribution is 5.95. The number of furan rings is 1. The van der Waals surface area contributed by atoms with E-state index >= 15 is 0 Å². The zero-order valence-electron chi connectivity index (χ0n) is 14.0. The molecule has 2 aromatic rings. The number of methoxy groups -OCH3 is 1. The summed E-state index contributed by atoms with van der Waals surface area (Å²) in [6.45, 7) is 2.53. The Hall–Kier alpha value is -2.15. The van der Waals surface area contributed by atoms with Crippen molar-refractivity contribution in [2.45, 2.75) is 50.7 Å². The summed E-state index contributed by atoms with van der Waals surface area (Å²) in [6.07, 6.45) is 5.30. The Morgan fingerprint density at radius 1 is 1.50 bits per heavy atom. The molecule has 0 unspecified atom stereocenters. The predicted octanol–water partition coefficient (Wildman–Crippen LogP) is 2.44. The van der Waals surface area contributed by atoms with Crippen molar-refractivity contribution >= 4 is 5.91 Å². The van der Waals surface area contributed by atoms with Crippen LogP contribution in [-0.2, 0) is 11.2 Å². The smallest absolute Gasteiger partial charge is 0.258 e. The van der Waals surface area contributed by atoms with Crippen LogP contribution in [0, 0.1) is 0 Å². The lowest BCUT2D eigenvalue weighted by atomic mass is 10.1. The van der Waals surface area contributed by atoms with E-state index in [-0.39, 0.29) is 18.1 Å². The van der Waals surface area contributed by atoms with E-state index in [4.69, 9.17) is 9.15 Å². The monoisotopic (exact) mass is 330 g/mol. The molecule has 1 aliphatic carbocycles. The number of carbonyl (C=O) groups is 1. The topological polar surface area (TPSA) is 84.2 Å². The summed E-state index contributed by atoms with van der Waals surface area (Å²) in [5.41, 5.74) is 0.626. The van der Waals surface area contributed by atoms with Crippen LogP contribution >= 0.6 is 0 Å². The van der Waals surface area contributed by atoms with Gasteiger partial charge in [-0.15, -0.1) is 0 Å². The van der Waals surface area contributed by atoms with Gasteiger partial charge in [0.25, 0.3) is 5.91 Å². The third-order valence-corrected chi connectivity index (χ3v) is 4.93. The summed E-state index contributed by atoms with van der Waals surface area (Å²) >= 11 is 0. The minimum absolute atomic E-state index is 0.00500. The van der Waals surface area contributed by atoms with Crippen LogP contribution < -0.4 is 0 Å². The molecular weight excluding hydrogens is 308 g/mol. The van der Waals surface area contributed by atoms with Crippen LogP contribution in [0.2, 0.25) is 0 Å². The number of nitrogens with one attached hydrogen (secondary N) is 1. The summed E-state index contributed by atoms with van der Waals surface area (Å²) in [4.78, 5) is 19.5. The molecular formula is C17H22N4O3. The average molecular weight is 330 g/mol. The normalized spacial score (nSPS) is 23.8. The zero-order valence-corrected chi connectivity index (χ0v) is 14.0. The molecule has 2 fully saturated rings. The first-order valence-corrected chi connectivity index (χ1v) is 8.53. The van der Waals surface area contributed by atoms with Gasteiger partial charge in [0, 0.05) is 32.4 Å². The molecule has 0 radical (unpaired) electrons.